The van der Waals surface area contributed by atoms with Crippen LogP contribution < -0.4 is 27.4 Å². The maximum Gasteiger partial charge on any atom is 0.243 e. The minimum atomic E-state index is -0.983. The SMILES string of the molecule is NC(N)=NCCC[C@H](NC(=O)[C@@H](Cc1ccc(O)cc1)NC(=O)CS)C(=O)NCC=O. The quantitative estimate of drug-likeness (QED) is 0.0604. The molecule has 0 aliphatic rings. The van der Waals surface area contributed by atoms with Gasteiger partial charge in [0, 0.05) is 13.0 Å². The summed E-state index contributed by atoms with van der Waals surface area (Å²) in [7, 11) is 0. The van der Waals surface area contributed by atoms with Crippen molar-refractivity contribution in [1.82, 2.24) is 16.0 Å². The molecule has 0 bridgehead atoms. The van der Waals surface area contributed by atoms with E-state index in [1.54, 1.807) is 12.1 Å². The third kappa shape index (κ3) is 10.3. The molecule has 0 fully saturated rings. The second-order valence-corrected chi connectivity index (χ2v) is 6.89. The Balaban J connectivity index is 2.92. The number of rotatable bonds is 13. The number of guanidine groups is 1. The van der Waals surface area contributed by atoms with E-state index in [9.17, 15) is 24.3 Å². The monoisotopic (exact) mass is 452 g/mol. The number of aliphatic imine (C=N–C) groups is 1. The van der Waals surface area contributed by atoms with Gasteiger partial charge in [-0.05, 0) is 30.5 Å². The van der Waals surface area contributed by atoms with Crippen molar-refractivity contribution in [3.05, 3.63) is 29.8 Å². The molecule has 0 unspecified atom stereocenters. The number of nitrogens with two attached hydrogens (primary N) is 2. The normalized spacial score (nSPS) is 12.2. The highest BCUT2D eigenvalue weighted by Crippen LogP contribution is 2.12. The van der Waals surface area contributed by atoms with E-state index in [2.05, 4.69) is 33.6 Å². The molecule has 0 aromatic heterocycles. The van der Waals surface area contributed by atoms with Gasteiger partial charge in [0.05, 0.1) is 12.3 Å². The van der Waals surface area contributed by atoms with Crippen LogP contribution in [0.15, 0.2) is 29.3 Å². The van der Waals surface area contributed by atoms with E-state index in [1.165, 1.54) is 12.1 Å². The van der Waals surface area contributed by atoms with Crippen LogP contribution in [0.2, 0.25) is 0 Å². The molecule has 0 spiro atoms. The van der Waals surface area contributed by atoms with Gasteiger partial charge in [-0.3, -0.25) is 19.4 Å². The van der Waals surface area contributed by atoms with Crippen molar-refractivity contribution in [2.24, 2.45) is 16.5 Å². The van der Waals surface area contributed by atoms with Gasteiger partial charge >= 0.3 is 0 Å². The van der Waals surface area contributed by atoms with Gasteiger partial charge in [-0.2, -0.15) is 12.6 Å². The number of carbonyl (C=O) groups is 4. The highest BCUT2D eigenvalue weighted by Gasteiger charge is 2.26. The van der Waals surface area contributed by atoms with E-state index in [1.807, 2.05) is 0 Å². The van der Waals surface area contributed by atoms with Crippen LogP contribution >= 0.6 is 12.6 Å². The molecule has 3 amide bonds. The first-order chi connectivity index (χ1) is 14.8. The van der Waals surface area contributed by atoms with Crippen molar-refractivity contribution < 1.29 is 24.3 Å². The Kier molecular flexibility index (Phi) is 11.5. The molecule has 8 N–H and O–H groups in total. The lowest BCUT2D eigenvalue weighted by Crippen LogP contribution is -2.54. The number of carbonyl (C=O) groups excluding carboxylic acids is 4. The second kappa shape index (κ2) is 13.9. The molecule has 11 nitrogen and oxygen atoms in total. The molecule has 31 heavy (non-hydrogen) atoms. The smallest absolute Gasteiger partial charge is 0.243 e. The van der Waals surface area contributed by atoms with Gasteiger partial charge in [0.25, 0.3) is 0 Å². The van der Waals surface area contributed by atoms with Crippen LogP contribution in [0.25, 0.3) is 0 Å². The van der Waals surface area contributed by atoms with Crippen molar-refractivity contribution in [2.45, 2.75) is 31.3 Å². The van der Waals surface area contributed by atoms with E-state index in [0.717, 1.165) is 0 Å². The van der Waals surface area contributed by atoms with Crippen LogP contribution in [-0.4, -0.2) is 66.0 Å². The van der Waals surface area contributed by atoms with E-state index >= 15 is 0 Å². The summed E-state index contributed by atoms with van der Waals surface area (Å²) in [6.07, 6.45) is 1.25. The lowest BCUT2D eigenvalue weighted by molar-refractivity contribution is -0.132. The number of benzene rings is 1. The van der Waals surface area contributed by atoms with Crippen molar-refractivity contribution >= 4 is 42.6 Å². The summed E-state index contributed by atoms with van der Waals surface area (Å²) >= 11 is 3.91. The average Bonchev–Trinajstić information content (AvgIpc) is 2.74. The molecule has 0 radical (unpaired) electrons. The Hall–Kier alpha value is -3.28. The van der Waals surface area contributed by atoms with Crippen molar-refractivity contribution in [3.63, 3.8) is 0 Å². The number of hydrogen-bond donors (Lipinski definition) is 7. The van der Waals surface area contributed by atoms with Crippen LogP contribution in [0.5, 0.6) is 5.75 Å². The zero-order chi connectivity index (χ0) is 23.2. The first-order valence-corrected chi connectivity index (χ1v) is 10.1. The molecule has 170 valence electrons. The molecular formula is C19H28N6O5S. The number of hydrogen-bond acceptors (Lipinski definition) is 7. The molecule has 0 heterocycles. The number of nitrogens with zero attached hydrogens (tertiary/aromatic N) is 1. The molecular weight excluding hydrogens is 424 g/mol. The van der Waals surface area contributed by atoms with Crippen LogP contribution in [0.4, 0.5) is 0 Å². The number of amides is 3. The second-order valence-electron chi connectivity index (χ2n) is 6.57. The van der Waals surface area contributed by atoms with Gasteiger partial charge in [0.2, 0.25) is 17.7 Å². The Labute approximate surface area is 185 Å². The Bertz CT molecular complexity index is 782. The van der Waals surface area contributed by atoms with Gasteiger partial charge < -0.3 is 37.3 Å². The van der Waals surface area contributed by atoms with Gasteiger partial charge in [-0.1, -0.05) is 12.1 Å². The fraction of sp³-hybridized carbons (Fsp3) is 0.421. The average molecular weight is 453 g/mol. The molecule has 1 aromatic rings. The van der Waals surface area contributed by atoms with Crippen molar-refractivity contribution in [3.8, 4) is 5.75 Å². The van der Waals surface area contributed by atoms with E-state index < -0.39 is 29.8 Å². The topological polar surface area (TPSA) is 189 Å². The summed E-state index contributed by atoms with van der Waals surface area (Å²) in [5, 5.41) is 17.0. The molecule has 0 aliphatic heterocycles. The third-order valence-electron chi connectivity index (χ3n) is 4.11. The summed E-state index contributed by atoms with van der Waals surface area (Å²) in [5.74, 6) is -1.74. The van der Waals surface area contributed by atoms with Gasteiger partial charge in [-0.15, -0.1) is 0 Å². The highest BCUT2D eigenvalue weighted by molar-refractivity contribution is 7.81. The van der Waals surface area contributed by atoms with Crippen LogP contribution in [0, 0.1) is 0 Å². The minimum absolute atomic E-state index is 0.0665. The maximum atomic E-state index is 12.9. The molecule has 0 aliphatic carbocycles. The van der Waals surface area contributed by atoms with E-state index in [-0.39, 0.29) is 43.4 Å². The summed E-state index contributed by atoms with van der Waals surface area (Å²) in [6, 6.07) is 4.21. The summed E-state index contributed by atoms with van der Waals surface area (Å²) in [5.41, 5.74) is 11.2. The fourth-order valence-electron chi connectivity index (χ4n) is 2.63. The Morgan fingerprint density at radius 1 is 1.10 bits per heavy atom. The first-order valence-electron chi connectivity index (χ1n) is 9.52. The molecule has 0 saturated heterocycles. The highest BCUT2D eigenvalue weighted by atomic mass is 32.1. The minimum Gasteiger partial charge on any atom is -0.508 e. The van der Waals surface area contributed by atoms with Crippen molar-refractivity contribution in [1.29, 1.82) is 0 Å². The zero-order valence-electron chi connectivity index (χ0n) is 16.9. The number of thiol groups is 1. The lowest BCUT2D eigenvalue weighted by atomic mass is 10.0. The predicted molar refractivity (Wildman–Crippen MR) is 119 cm³/mol. The standard InChI is InChI=1S/C19H28N6O5S/c20-19(21)23-7-1-2-14(17(29)22-8-9-26)25-18(30)15(24-16(28)11-31)10-12-3-5-13(27)6-4-12/h3-6,9,14-15,27,31H,1-2,7-8,10-11H2,(H,22,29)(H,24,28)(H,25,30)(H4,20,21,23)/t14-,15+/m0/s1. The van der Waals surface area contributed by atoms with Gasteiger partial charge in [0.15, 0.2) is 5.96 Å². The molecule has 2 atom stereocenters. The Morgan fingerprint density at radius 3 is 2.35 bits per heavy atom. The summed E-state index contributed by atoms with van der Waals surface area (Å²) < 4.78 is 0. The largest absolute Gasteiger partial charge is 0.508 e. The molecule has 1 aromatic carbocycles. The number of aldehydes is 1. The van der Waals surface area contributed by atoms with E-state index in [4.69, 9.17) is 11.5 Å². The predicted octanol–water partition coefficient (Wildman–Crippen LogP) is -1.80. The lowest BCUT2D eigenvalue weighted by Gasteiger charge is -2.23. The summed E-state index contributed by atoms with van der Waals surface area (Å²) in [6.45, 7) is 0.0510. The maximum absolute atomic E-state index is 12.9. The number of aromatic hydroxyl groups is 1. The molecule has 1 rings (SSSR count). The van der Waals surface area contributed by atoms with Gasteiger partial charge in [-0.25, -0.2) is 0 Å². The van der Waals surface area contributed by atoms with Crippen LogP contribution in [-0.2, 0) is 25.6 Å². The van der Waals surface area contributed by atoms with E-state index in [0.29, 0.717) is 18.3 Å². The number of phenolic OH excluding ortho intramolecular Hbond substituents is 1. The van der Waals surface area contributed by atoms with Crippen LogP contribution in [0.1, 0.15) is 18.4 Å². The first kappa shape index (κ1) is 25.8. The number of nitrogens with one attached hydrogen (secondary N) is 3. The summed E-state index contributed by atoms with van der Waals surface area (Å²) in [4.78, 5) is 51.5. The fourth-order valence-corrected chi connectivity index (χ4v) is 2.72. The van der Waals surface area contributed by atoms with Gasteiger partial charge in [0.1, 0.15) is 24.1 Å². The zero-order valence-corrected chi connectivity index (χ0v) is 17.8. The van der Waals surface area contributed by atoms with Crippen LogP contribution in [0.3, 0.4) is 0 Å². The molecule has 0 saturated carbocycles. The van der Waals surface area contributed by atoms with Crippen molar-refractivity contribution in [2.75, 3.05) is 18.8 Å². The molecule has 12 heteroatoms. The number of phenols is 1. The third-order valence-corrected chi connectivity index (χ3v) is 4.40. The Morgan fingerprint density at radius 2 is 1.77 bits per heavy atom.